The Morgan fingerprint density at radius 3 is 2.33 bits per heavy atom. The van der Waals surface area contributed by atoms with Crippen LogP contribution in [0.3, 0.4) is 0 Å². The summed E-state index contributed by atoms with van der Waals surface area (Å²) in [6.45, 7) is 3.85. The number of nitrogens with one attached hydrogen (secondary N) is 1. The molecule has 3 N–H and O–H groups in total. The Morgan fingerprint density at radius 1 is 1.10 bits per heavy atom. The number of hydrogen-bond acceptors (Lipinski definition) is 4. The molecule has 6 heteroatoms. The summed E-state index contributed by atoms with van der Waals surface area (Å²) in [6, 6.07) is 12.9. The molecule has 0 saturated carbocycles. The summed E-state index contributed by atoms with van der Waals surface area (Å²) in [4.78, 5) is 0.130. The van der Waals surface area contributed by atoms with E-state index in [0.29, 0.717) is 17.1 Å². The number of anilines is 2. The molecule has 112 valence electrons. The van der Waals surface area contributed by atoms with Gasteiger partial charge in [0.05, 0.1) is 11.0 Å². The van der Waals surface area contributed by atoms with Crippen LogP contribution in [0, 0.1) is 0 Å². The van der Waals surface area contributed by atoms with Crippen molar-refractivity contribution in [1.82, 2.24) is 0 Å². The number of rotatable bonds is 5. The number of benzene rings is 2. The maximum absolute atomic E-state index is 12.2. The number of ether oxygens (including phenoxy) is 1. The Hall–Kier alpha value is -2.21. The van der Waals surface area contributed by atoms with Crippen LogP contribution in [0.15, 0.2) is 53.4 Å². The zero-order valence-corrected chi connectivity index (χ0v) is 12.7. The lowest BCUT2D eigenvalue weighted by molar-refractivity contribution is 0.242. The Labute approximate surface area is 124 Å². The fourth-order valence-corrected chi connectivity index (χ4v) is 2.88. The lowest BCUT2D eigenvalue weighted by atomic mass is 10.3. The van der Waals surface area contributed by atoms with E-state index in [1.54, 1.807) is 36.4 Å². The summed E-state index contributed by atoms with van der Waals surface area (Å²) < 4.78 is 32.4. The quantitative estimate of drug-likeness (QED) is 0.832. The van der Waals surface area contributed by atoms with E-state index in [4.69, 9.17) is 10.5 Å². The van der Waals surface area contributed by atoms with E-state index in [1.807, 2.05) is 13.8 Å². The van der Waals surface area contributed by atoms with Crippen LogP contribution in [0.2, 0.25) is 0 Å². The Bertz CT molecular complexity index is 710. The van der Waals surface area contributed by atoms with Crippen LogP contribution in [-0.4, -0.2) is 14.5 Å². The molecule has 0 aliphatic heterocycles. The summed E-state index contributed by atoms with van der Waals surface area (Å²) in [5, 5.41) is 0. The van der Waals surface area contributed by atoms with Crippen LogP contribution in [0.5, 0.6) is 5.75 Å². The molecule has 0 aromatic heterocycles. The van der Waals surface area contributed by atoms with Crippen molar-refractivity contribution in [1.29, 1.82) is 0 Å². The van der Waals surface area contributed by atoms with Crippen molar-refractivity contribution < 1.29 is 13.2 Å². The smallest absolute Gasteiger partial charge is 0.261 e. The molecule has 0 aliphatic carbocycles. The second-order valence-electron chi connectivity index (χ2n) is 4.87. The zero-order chi connectivity index (χ0) is 15.5. The molecular weight excluding hydrogens is 288 g/mol. The highest BCUT2D eigenvalue weighted by molar-refractivity contribution is 7.92. The number of nitrogen functional groups attached to an aromatic ring is 1. The molecule has 0 atom stereocenters. The fourth-order valence-electron chi connectivity index (χ4n) is 1.77. The van der Waals surface area contributed by atoms with E-state index in [9.17, 15) is 8.42 Å². The predicted octanol–water partition coefficient (Wildman–Crippen LogP) is 2.86. The van der Waals surface area contributed by atoms with E-state index in [0.717, 1.165) is 0 Å². The monoisotopic (exact) mass is 306 g/mol. The van der Waals surface area contributed by atoms with Crippen molar-refractivity contribution in [2.45, 2.75) is 24.8 Å². The van der Waals surface area contributed by atoms with Crippen LogP contribution in [0.1, 0.15) is 13.8 Å². The van der Waals surface area contributed by atoms with Gasteiger partial charge in [0.1, 0.15) is 5.75 Å². The van der Waals surface area contributed by atoms with E-state index < -0.39 is 10.0 Å². The van der Waals surface area contributed by atoms with Gasteiger partial charge in [-0.25, -0.2) is 8.42 Å². The Kier molecular flexibility index (Phi) is 4.37. The highest BCUT2D eigenvalue weighted by Gasteiger charge is 2.14. The SMILES string of the molecule is CC(C)Oc1ccc(NS(=O)(=O)c2cccc(N)c2)cc1. The van der Waals surface area contributed by atoms with Gasteiger partial charge in [0.15, 0.2) is 0 Å². The van der Waals surface area contributed by atoms with Crippen molar-refractivity contribution in [2.75, 3.05) is 10.5 Å². The minimum absolute atomic E-state index is 0.0693. The van der Waals surface area contributed by atoms with Gasteiger partial charge in [-0.1, -0.05) is 6.07 Å². The molecular formula is C15H18N2O3S. The third-order valence-electron chi connectivity index (χ3n) is 2.65. The number of hydrogen-bond donors (Lipinski definition) is 2. The average Bonchev–Trinajstić information content (AvgIpc) is 2.40. The van der Waals surface area contributed by atoms with Crippen molar-refractivity contribution in [3.05, 3.63) is 48.5 Å². The first kappa shape index (κ1) is 15.2. The van der Waals surface area contributed by atoms with Crippen LogP contribution in [0.25, 0.3) is 0 Å². The Balaban J connectivity index is 2.17. The van der Waals surface area contributed by atoms with Crippen molar-refractivity contribution in [2.24, 2.45) is 0 Å². The standard InChI is InChI=1S/C15H18N2O3S/c1-11(2)20-14-8-6-13(7-9-14)17-21(18,19)15-5-3-4-12(16)10-15/h3-11,17H,16H2,1-2H3. The van der Waals surface area contributed by atoms with Crippen LogP contribution < -0.4 is 15.2 Å². The van der Waals surface area contributed by atoms with E-state index >= 15 is 0 Å². The van der Waals surface area contributed by atoms with Crippen molar-refractivity contribution in [3.63, 3.8) is 0 Å². The maximum atomic E-state index is 12.2. The lowest BCUT2D eigenvalue weighted by Crippen LogP contribution is -2.13. The molecule has 0 radical (unpaired) electrons. The molecule has 0 unspecified atom stereocenters. The first-order valence-corrected chi connectivity index (χ1v) is 8.00. The normalized spacial score (nSPS) is 11.4. The summed E-state index contributed by atoms with van der Waals surface area (Å²) in [6.07, 6.45) is 0.0693. The third kappa shape index (κ3) is 4.13. The molecule has 0 fully saturated rings. The molecule has 0 aliphatic rings. The summed E-state index contributed by atoms with van der Waals surface area (Å²) in [5.74, 6) is 0.692. The Morgan fingerprint density at radius 2 is 1.76 bits per heavy atom. The minimum Gasteiger partial charge on any atom is -0.491 e. The second-order valence-corrected chi connectivity index (χ2v) is 6.55. The van der Waals surface area contributed by atoms with Gasteiger partial charge in [-0.15, -0.1) is 0 Å². The molecule has 0 saturated heterocycles. The van der Waals surface area contributed by atoms with Gasteiger partial charge >= 0.3 is 0 Å². The van der Waals surface area contributed by atoms with Crippen molar-refractivity contribution >= 4 is 21.4 Å². The van der Waals surface area contributed by atoms with E-state index in [1.165, 1.54) is 12.1 Å². The molecule has 0 spiro atoms. The minimum atomic E-state index is -3.64. The van der Waals surface area contributed by atoms with Gasteiger partial charge in [0.2, 0.25) is 0 Å². The second kappa shape index (κ2) is 6.05. The first-order chi connectivity index (χ1) is 9.87. The van der Waals surface area contributed by atoms with Gasteiger partial charge in [-0.05, 0) is 56.3 Å². The van der Waals surface area contributed by atoms with Gasteiger partial charge < -0.3 is 10.5 Å². The molecule has 0 heterocycles. The first-order valence-electron chi connectivity index (χ1n) is 6.52. The highest BCUT2D eigenvalue weighted by atomic mass is 32.2. The molecule has 2 rings (SSSR count). The average molecular weight is 306 g/mol. The van der Waals surface area contributed by atoms with Crippen LogP contribution in [-0.2, 0) is 10.0 Å². The summed E-state index contributed by atoms with van der Waals surface area (Å²) in [5.41, 5.74) is 6.47. The van der Waals surface area contributed by atoms with E-state index in [-0.39, 0.29) is 11.0 Å². The molecule has 0 amide bonds. The highest BCUT2D eigenvalue weighted by Crippen LogP contribution is 2.21. The topological polar surface area (TPSA) is 81.4 Å². The summed E-state index contributed by atoms with van der Waals surface area (Å²) >= 11 is 0. The molecule has 2 aromatic rings. The molecule has 0 bridgehead atoms. The van der Waals surface area contributed by atoms with Gasteiger partial charge in [0.25, 0.3) is 10.0 Å². The predicted molar refractivity (Wildman–Crippen MR) is 83.9 cm³/mol. The number of sulfonamides is 1. The number of nitrogens with two attached hydrogens (primary N) is 1. The fraction of sp³-hybridized carbons (Fsp3) is 0.200. The van der Waals surface area contributed by atoms with E-state index in [2.05, 4.69) is 4.72 Å². The maximum Gasteiger partial charge on any atom is 0.261 e. The van der Waals surface area contributed by atoms with Crippen LogP contribution in [0.4, 0.5) is 11.4 Å². The van der Waals surface area contributed by atoms with Crippen molar-refractivity contribution in [3.8, 4) is 5.75 Å². The summed E-state index contributed by atoms with van der Waals surface area (Å²) in [7, 11) is -3.64. The third-order valence-corrected chi connectivity index (χ3v) is 4.03. The van der Waals surface area contributed by atoms with Gasteiger partial charge in [0, 0.05) is 11.4 Å². The molecule has 21 heavy (non-hydrogen) atoms. The lowest BCUT2D eigenvalue weighted by Gasteiger charge is -2.11. The van der Waals surface area contributed by atoms with Gasteiger partial charge in [-0.2, -0.15) is 0 Å². The zero-order valence-electron chi connectivity index (χ0n) is 11.9. The van der Waals surface area contributed by atoms with Crippen LogP contribution >= 0.6 is 0 Å². The largest absolute Gasteiger partial charge is 0.491 e. The molecule has 2 aromatic carbocycles. The molecule has 5 nitrogen and oxygen atoms in total. The van der Waals surface area contributed by atoms with Gasteiger partial charge in [-0.3, -0.25) is 4.72 Å².